The fraction of sp³-hybridized carbons (Fsp3) is 1.00. The fourth-order valence-corrected chi connectivity index (χ4v) is 2.60. The van der Waals surface area contributed by atoms with Gasteiger partial charge in [0.15, 0.2) is 0 Å². The summed E-state index contributed by atoms with van der Waals surface area (Å²) in [6.45, 7) is 14.0. The van der Waals surface area contributed by atoms with Gasteiger partial charge >= 0.3 is 0 Å². The summed E-state index contributed by atoms with van der Waals surface area (Å²) >= 11 is 0. The van der Waals surface area contributed by atoms with Crippen LogP contribution in [0.1, 0.15) is 79.1 Å². The average molecular weight is 285 g/mol. The molecule has 0 atom stereocenters. The molecule has 0 radical (unpaired) electrons. The van der Waals surface area contributed by atoms with Crippen molar-refractivity contribution < 1.29 is 0 Å². The SMILES string of the molecule is CC(C)CCCCN.CC(C)CCCN1CCCCC1. The van der Waals surface area contributed by atoms with Crippen LogP contribution in [0.25, 0.3) is 0 Å². The lowest BCUT2D eigenvalue weighted by Crippen LogP contribution is -2.30. The van der Waals surface area contributed by atoms with Gasteiger partial charge in [-0.2, -0.15) is 0 Å². The van der Waals surface area contributed by atoms with Gasteiger partial charge in [-0.25, -0.2) is 0 Å². The van der Waals surface area contributed by atoms with Crippen LogP contribution in [0.5, 0.6) is 0 Å². The molecule has 2 N–H and O–H groups in total. The third kappa shape index (κ3) is 14.3. The molecular formula is C18H40N2. The van der Waals surface area contributed by atoms with Gasteiger partial charge in [-0.05, 0) is 70.1 Å². The van der Waals surface area contributed by atoms with E-state index < -0.39 is 0 Å². The first-order chi connectivity index (χ1) is 9.56. The van der Waals surface area contributed by atoms with E-state index in [0.717, 1.165) is 18.4 Å². The van der Waals surface area contributed by atoms with Crippen molar-refractivity contribution in [2.45, 2.75) is 79.1 Å². The second kappa shape index (κ2) is 13.9. The maximum Gasteiger partial charge on any atom is -0.00186 e. The lowest BCUT2D eigenvalue weighted by atomic mass is 10.1. The van der Waals surface area contributed by atoms with Crippen molar-refractivity contribution in [3.05, 3.63) is 0 Å². The number of nitrogens with two attached hydrogens (primary N) is 1. The Hall–Kier alpha value is -0.0800. The molecule has 20 heavy (non-hydrogen) atoms. The molecule has 1 aliphatic rings. The number of hydrogen-bond acceptors (Lipinski definition) is 2. The summed E-state index contributed by atoms with van der Waals surface area (Å²) in [6.07, 6.45) is 10.9. The van der Waals surface area contributed by atoms with Crippen LogP contribution >= 0.6 is 0 Å². The molecule has 1 heterocycles. The third-order valence-electron chi connectivity index (χ3n) is 3.94. The maximum atomic E-state index is 5.31. The van der Waals surface area contributed by atoms with Crippen molar-refractivity contribution in [1.82, 2.24) is 4.90 Å². The molecule has 0 spiro atoms. The number of nitrogens with zero attached hydrogens (tertiary/aromatic N) is 1. The summed E-state index contributed by atoms with van der Waals surface area (Å²) in [5.41, 5.74) is 5.31. The van der Waals surface area contributed by atoms with Gasteiger partial charge in [-0.15, -0.1) is 0 Å². The van der Waals surface area contributed by atoms with E-state index in [1.165, 1.54) is 71.0 Å². The van der Waals surface area contributed by atoms with Crippen LogP contribution < -0.4 is 5.73 Å². The minimum atomic E-state index is 0.849. The van der Waals surface area contributed by atoms with E-state index in [9.17, 15) is 0 Å². The summed E-state index contributed by atoms with van der Waals surface area (Å²) in [6, 6.07) is 0. The second-order valence-electron chi connectivity index (χ2n) is 7.12. The van der Waals surface area contributed by atoms with Crippen LogP contribution in [0.15, 0.2) is 0 Å². The summed E-state index contributed by atoms with van der Waals surface area (Å²) in [4.78, 5) is 2.63. The molecule has 0 saturated carbocycles. The van der Waals surface area contributed by atoms with Crippen LogP contribution in [-0.4, -0.2) is 31.1 Å². The molecule has 1 aliphatic heterocycles. The van der Waals surface area contributed by atoms with Crippen molar-refractivity contribution in [3.63, 3.8) is 0 Å². The summed E-state index contributed by atoms with van der Waals surface area (Å²) in [5.74, 6) is 1.73. The normalized spacial score (nSPS) is 16.4. The highest BCUT2D eigenvalue weighted by Gasteiger charge is 2.08. The molecule has 2 heteroatoms. The van der Waals surface area contributed by atoms with E-state index in [-0.39, 0.29) is 0 Å². The Bertz CT molecular complexity index is 184. The Labute approximate surface area is 128 Å². The van der Waals surface area contributed by atoms with E-state index >= 15 is 0 Å². The number of rotatable bonds is 8. The molecule has 0 bridgehead atoms. The molecule has 122 valence electrons. The van der Waals surface area contributed by atoms with Gasteiger partial charge in [0.05, 0.1) is 0 Å². The first-order valence-corrected chi connectivity index (χ1v) is 8.98. The molecule has 0 aliphatic carbocycles. The number of unbranched alkanes of at least 4 members (excludes halogenated alkanes) is 1. The first-order valence-electron chi connectivity index (χ1n) is 8.98. The zero-order chi connectivity index (χ0) is 15.2. The van der Waals surface area contributed by atoms with Crippen molar-refractivity contribution in [3.8, 4) is 0 Å². The van der Waals surface area contributed by atoms with Gasteiger partial charge in [0.2, 0.25) is 0 Å². The molecule has 0 aromatic rings. The molecule has 1 rings (SSSR count). The van der Waals surface area contributed by atoms with E-state index in [0.29, 0.717) is 0 Å². The van der Waals surface area contributed by atoms with Crippen molar-refractivity contribution in [1.29, 1.82) is 0 Å². The van der Waals surface area contributed by atoms with Crippen LogP contribution in [0.3, 0.4) is 0 Å². The smallest absolute Gasteiger partial charge is 0.00186 e. The van der Waals surface area contributed by atoms with Gasteiger partial charge in [-0.3, -0.25) is 0 Å². The molecule has 2 nitrogen and oxygen atoms in total. The van der Waals surface area contributed by atoms with Crippen molar-refractivity contribution in [2.24, 2.45) is 17.6 Å². The summed E-state index contributed by atoms with van der Waals surface area (Å²) in [7, 11) is 0. The zero-order valence-electron chi connectivity index (χ0n) is 14.7. The first kappa shape index (κ1) is 19.9. The highest BCUT2D eigenvalue weighted by Crippen LogP contribution is 2.11. The van der Waals surface area contributed by atoms with Crippen LogP contribution in [0, 0.1) is 11.8 Å². The lowest BCUT2D eigenvalue weighted by Gasteiger charge is -2.26. The molecule has 0 aromatic heterocycles. The largest absolute Gasteiger partial charge is 0.330 e. The minimum Gasteiger partial charge on any atom is -0.330 e. The van der Waals surface area contributed by atoms with Gasteiger partial charge < -0.3 is 10.6 Å². The minimum absolute atomic E-state index is 0.849. The number of piperidine rings is 1. The number of likely N-dealkylation sites (tertiary alicyclic amines) is 1. The Morgan fingerprint density at radius 2 is 1.35 bits per heavy atom. The number of hydrogen-bond donors (Lipinski definition) is 1. The van der Waals surface area contributed by atoms with Crippen LogP contribution in [0.4, 0.5) is 0 Å². The van der Waals surface area contributed by atoms with Gasteiger partial charge in [-0.1, -0.05) is 47.0 Å². The van der Waals surface area contributed by atoms with Gasteiger partial charge in [0.25, 0.3) is 0 Å². The second-order valence-corrected chi connectivity index (χ2v) is 7.12. The van der Waals surface area contributed by atoms with Crippen LogP contribution in [-0.2, 0) is 0 Å². The lowest BCUT2D eigenvalue weighted by molar-refractivity contribution is 0.221. The standard InChI is InChI=1S/C11H23N.C7H17N/c1-11(2)7-6-10-12-8-4-3-5-9-12;1-7(2)5-3-4-6-8/h11H,3-10H2,1-2H3;7H,3-6,8H2,1-2H3. The Morgan fingerprint density at radius 3 is 1.85 bits per heavy atom. The van der Waals surface area contributed by atoms with E-state index in [1.54, 1.807) is 0 Å². The molecule has 0 aromatic carbocycles. The third-order valence-corrected chi connectivity index (χ3v) is 3.94. The topological polar surface area (TPSA) is 29.3 Å². The fourth-order valence-electron chi connectivity index (χ4n) is 2.60. The molecule has 0 amide bonds. The maximum absolute atomic E-state index is 5.31. The quantitative estimate of drug-likeness (QED) is 0.656. The predicted molar refractivity (Wildman–Crippen MR) is 92.1 cm³/mol. The average Bonchev–Trinajstić information content (AvgIpc) is 2.40. The Balaban J connectivity index is 0.000000396. The summed E-state index contributed by atoms with van der Waals surface area (Å²) < 4.78 is 0. The zero-order valence-corrected chi connectivity index (χ0v) is 14.7. The van der Waals surface area contributed by atoms with E-state index in [1.807, 2.05) is 0 Å². The van der Waals surface area contributed by atoms with Crippen molar-refractivity contribution >= 4 is 0 Å². The Kier molecular flexibility index (Phi) is 13.8. The predicted octanol–water partition coefficient (Wildman–Crippen LogP) is 4.68. The molecule has 1 saturated heterocycles. The monoisotopic (exact) mass is 284 g/mol. The molecular weight excluding hydrogens is 244 g/mol. The summed E-state index contributed by atoms with van der Waals surface area (Å²) in [5, 5.41) is 0. The van der Waals surface area contributed by atoms with E-state index in [2.05, 4.69) is 32.6 Å². The molecule has 0 unspecified atom stereocenters. The molecule has 1 fully saturated rings. The van der Waals surface area contributed by atoms with Gasteiger partial charge in [0.1, 0.15) is 0 Å². The Morgan fingerprint density at radius 1 is 0.800 bits per heavy atom. The highest BCUT2D eigenvalue weighted by molar-refractivity contribution is 4.64. The van der Waals surface area contributed by atoms with Crippen molar-refractivity contribution in [2.75, 3.05) is 26.2 Å². The van der Waals surface area contributed by atoms with Gasteiger partial charge in [0, 0.05) is 0 Å². The van der Waals surface area contributed by atoms with Crippen LogP contribution in [0.2, 0.25) is 0 Å². The van der Waals surface area contributed by atoms with E-state index in [4.69, 9.17) is 5.73 Å². The highest BCUT2D eigenvalue weighted by atomic mass is 15.1.